The third kappa shape index (κ3) is 6.66. The molecule has 2 aliphatic heterocycles. The van der Waals surface area contributed by atoms with Gasteiger partial charge < -0.3 is 35.8 Å². The number of rotatable bonds is 8. The fourth-order valence-electron chi connectivity index (χ4n) is 5.41. The molecular weight excluding hydrogens is 568 g/mol. The second-order valence-corrected chi connectivity index (χ2v) is 10.9. The predicted molar refractivity (Wildman–Crippen MR) is 178 cm³/mol. The number of benzene rings is 4. The van der Waals surface area contributed by atoms with Crippen LogP contribution in [-0.2, 0) is 4.79 Å². The molecule has 0 bridgehead atoms. The molecule has 0 aromatic heterocycles. The lowest BCUT2D eigenvalue weighted by molar-refractivity contribution is -0.110. The molecule has 4 N–H and O–H groups in total. The monoisotopic (exact) mass is 602 g/mol. The Bertz CT molecular complexity index is 1780. The Hall–Kier alpha value is -5.61. The van der Waals surface area contributed by atoms with Gasteiger partial charge in [-0.2, -0.15) is 0 Å². The highest BCUT2D eigenvalue weighted by atomic mass is 16.5. The average molecular weight is 603 g/mol. The molecule has 4 aromatic carbocycles. The summed E-state index contributed by atoms with van der Waals surface area (Å²) in [5, 5.41) is 11.6. The van der Waals surface area contributed by atoms with Crippen molar-refractivity contribution in [3.8, 4) is 5.75 Å². The van der Waals surface area contributed by atoms with Crippen molar-refractivity contribution < 1.29 is 19.1 Å². The number of nitrogens with one attached hydrogen (secondary N) is 4. The van der Waals surface area contributed by atoms with E-state index in [4.69, 9.17) is 4.74 Å². The number of para-hydroxylation sites is 2. The summed E-state index contributed by atoms with van der Waals surface area (Å²) < 4.78 is 5.28. The zero-order valence-electron chi connectivity index (χ0n) is 25.1. The number of hydrogen-bond donors (Lipinski definition) is 4. The minimum atomic E-state index is -0.469. The molecule has 1 fully saturated rings. The molecule has 0 radical (unpaired) electrons. The van der Waals surface area contributed by atoms with Crippen molar-refractivity contribution in [1.29, 1.82) is 0 Å². The number of hydrogen-bond acceptors (Lipinski definition) is 7. The molecule has 2 heterocycles. The van der Waals surface area contributed by atoms with Gasteiger partial charge in [0.1, 0.15) is 5.75 Å². The Morgan fingerprint density at radius 3 is 2.36 bits per heavy atom. The molecule has 0 spiro atoms. The molecule has 10 heteroatoms. The number of carbonyl (C=O) groups is 3. The molecule has 1 saturated heterocycles. The molecule has 4 aromatic rings. The van der Waals surface area contributed by atoms with Crippen LogP contribution < -0.4 is 30.9 Å². The van der Waals surface area contributed by atoms with Crippen LogP contribution in [0.25, 0.3) is 5.57 Å². The average Bonchev–Trinajstić information content (AvgIpc) is 3.38. The van der Waals surface area contributed by atoms with Crippen molar-refractivity contribution in [2.75, 3.05) is 66.5 Å². The van der Waals surface area contributed by atoms with Gasteiger partial charge in [-0.25, -0.2) is 4.79 Å². The lowest BCUT2D eigenvalue weighted by Crippen LogP contribution is -2.44. The van der Waals surface area contributed by atoms with E-state index in [9.17, 15) is 14.4 Å². The predicted octanol–water partition coefficient (Wildman–Crippen LogP) is 5.73. The van der Waals surface area contributed by atoms with E-state index in [1.54, 1.807) is 66.9 Å². The zero-order chi connectivity index (χ0) is 31.3. The van der Waals surface area contributed by atoms with Crippen molar-refractivity contribution in [2.24, 2.45) is 0 Å². The van der Waals surface area contributed by atoms with Gasteiger partial charge in [0.25, 0.3) is 5.91 Å². The van der Waals surface area contributed by atoms with Gasteiger partial charge in [0.05, 0.1) is 18.4 Å². The summed E-state index contributed by atoms with van der Waals surface area (Å²) in [5.41, 5.74) is 5.60. The fourth-order valence-corrected chi connectivity index (χ4v) is 5.41. The third-order valence-electron chi connectivity index (χ3n) is 7.92. The summed E-state index contributed by atoms with van der Waals surface area (Å²) in [7, 11) is 3.67. The number of nitrogens with zero attached hydrogens (tertiary/aromatic N) is 2. The Balaban J connectivity index is 1.11. The maximum atomic E-state index is 13.4. The first-order chi connectivity index (χ1) is 21.9. The quantitative estimate of drug-likeness (QED) is 0.151. The van der Waals surface area contributed by atoms with E-state index in [1.165, 1.54) is 12.8 Å². The first kappa shape index (κ1) is 29.5. The summed E-state index contributed by atoms with van der Waals surface area (Å²) in [6.45, 7) is 4.08. The fraction of sp³-hybridized carbons (Fsp3) is 0.171. The Kier molecular flexibility index (Phi) is 8.47. The third-order valence-corrected chi connectivity index (χ3v) is 7.92. The summed E-state index contributed by atoms with van der Waals surface area (Å²) in [6, 6.07) is 26.6. The number of piperazine rings is 1. The Labute approximate surface area is 261 Å². The number of anilines is 5. The van der Waals surface area contributed by atoms with Crippen molar-refractivity contribution >= 4 is 51.7 Å². The van der Waals surface area contributed by atoms with Crippen LogP contribution in [0.5, 0.6) is 5.75 Å². The first-order valence-electron chi connectivity index (χ1n) is 14.7. The highest BCUT2D eigenvalue weighted by Gasteiger charge is 2.25. The summed E-state index contributed by atoms with van der Waals surface area (Å²) in [6.07, 6.45) is 1.69. The molecule has 228 valence electrons. The SMILES string of the molecule is COc1ccccc1NC(=O)Nc1cccc(C(=O)c2ccc3c(c2)NC(=O)C3=CNc2ccc(N3CCN(C)CC3)cc2)c1. The minimum Gasteiger partial charge on any atom is -0.495 e. The molecule has 45 heavy (non-hydrogen) atoms. The molecule has 0 aliphatic carbocycles. The van der Waals surface area contributed by atoms with Crippen LogP contribution in [0.4, 0.5) is 33.2 Å². The summed E-state index contributed by atoms with van der Waals surface area (Å²) in [5.74, 6) is 0.0460. The molecule has 3 amide bonds. The van der Waals surface area contributed by atoms with Crippen LogP contribution in [0.15, 0.2) is 97.2 Å². The minimum absolute atomic E-state index is 0.239. The molecule has 6 rings (SSSR count). The lowest BCUT2D eigenvalue weighted by atomic mass is 9.99. The van der Waals surface area contributed by atoms with Gasteiger partial charge >= 0.3 is 6.03 Å². The van der Waals surface area contributed by atoms with Crippen molar-refractivity contribution in [2.45, 2.75) is 0 Å². The number of urea groups is 1. The van der Waals surface area contributed by atoms with Gasteiger partial charge in [-0.15, -0.1) is 0 Å². The second kappa shape index (κ2) is 12.9. The van der Waals surface area contributed by atoms with Gasteiger partial charge in [-0.1, -0.05) is 36.4 Å². The van der Waals surface area contributed by atoms with Crippen LogP contribution in [0.3, 0.4) is 0 Å². The van der Waals surface area contributed by atoms with Crippen LogP contribution in [0.1, 0.15) is 21.5 Å². The van der Waals surface area contributed by atoms with E-state index in [-0.39, 0.29) is 11.7 Å². The molecule has 2 aliphatic rings. The van der Waals surface area contributed by atoms with Gasteiger partial charge in [0.15, 0.2) is 5.78 Å². The first-order valence-corrected chi connectivity index (χ1v) is 14.7. The van der Waals surface area contributed by atoms with E-state index >= 15 is 0 Å². The number of carbonyl (C=O) groups excluding carboxylic acids is 3. The number of amides is 3. The van der Waals surface area contributed by atoms with E-state index in [0.29, 0.717) is 45.1 Å². The van der Waals surface area contributed by atoms with Crippen molar-refractivity contribution in [3.05, 3.63) is 114 Å². The smallest absolute Gasteiger partial charge is 0.323 e. The number of likely N-dealkylation sites (N-methyl/N-ethyl adjacent to an activating group) is 1. The van der Waals surface area contributed by atoms with Crippen LogP contribution in [0.2, 0.25) is 0 Å². The van der Waals surface area contributed by atoms with Crippen LogP contribution in [-0.4, -0.2) is 63.0 Å². The van der Waals surface area contributed by atoms with Crippen LogP contribution in [0, 0.1) is 0 Å². The normalized spacial score (nSPS) is 15.3. The topological polar surface area (TPSA) is 115 Å². The maximum absolute atomic E-state index is 13.4. The van der Waals surface area contributed by atoms with Gasteiger partial charge in [0, 0.05) is 71.8 Å². The molecule has 10 nitrogen and oxygen atoms in total. The van der Waals surface area contributed by atoms with E-state index < -0.39 is 6.03 Å². The standard InChI is InChI=1S/C35H34N6O4/c1-40-16-18-41(19-17-40)27-13-11-25(12-14-27)36-22-29-28-15-10-24(21-31(28)38-34(29)43)33(42)23-6-5-7-26(20-23)37-35(44)39-30-8-3-4-9-32(30)45-2/h3-15,20-22,36H,16-19H2,1-2H3,(H,38,43)(H2,37,39,44). The molecule has 0 unspecified atom stereocenters. The van der Waals surface area contributed by atoms with Gasteiger partial charge in [0.2, 0.25) is 0 Å². The molecular formula is C35H34N6O4. The highest BCUT2D eigenvalue weighted by molar-refractivity contribution is 6.32. The number of ether oxygens (including phenoxy) is 1. The summed E-state index contributed by atoms with van der Waals surface area (Å²) >= 11 is 0. The van der Waals surface area contributed by atoms with Gasteiger partial charge in [-0.05, 0) is 61.6 Å². The maximum Gasteiger partial charge on any atom is 0.323 e. The second-order valence-electron chi connectivity index (χ2n) is 10.9. The van der Waals surface area contributed by atoms with Crippen molar-refractivity contribution in [1.82, 2.24) is 4.90 Å². The highest BCUT2D eigenvalue weighted by Crippen LogP contribution is 2.33. The van der Waals surface area contributed by atoms with E-state index in [1.807, 2.05) is 18.2 Å². The van der Waals surface area contributed by atoms with Crippen molar-refractivity contribution in [3.63, 3.8) is 0 Å². The number of ketones is 1. The Morgan fingerprint density at radius 2 is 1.58 bits per heavy atom. The molecule has 0 saturated carbocycles. The lowest BCUT2D eigenvalue weighted by Gasteiger charge is -2.34. The van der Waals surface area contributed by atoms with Crippen LogP contribution >= 0.6 is 0 Å². The summed E-state index contributed by atoms with van der Waals surface area (Å²) in [4.78, 5) is 43.5. The number of methoxy groups -OCH3 is 1. The number of fused-ring (bicyclic) bond motifs is 1. The largest absolute Gasteiger partial charge is 0.495 e. The molecule has 0 atom stereocenters. The zero-order valence-corrected chi connectivity index (χ0v) is 25.1. The van der Waals surface area contributed by atoms with Gasteiger partial charge in [-0.3, -0.25) is 9.59 Å². The van der Waals surface area contributed by atoms with E-state index in [2.05, 4.69) is 50.2 Å². The van der Waals surface area contributed by atoms with E-state index in [0.717, 1.165) is 31.9 Å². The Morgan fingerprint density at radius 1 is 0.822 bits per heavy atom.